The van der Waals surface area contributed by atoms with Crippen LogP contribution in [0.2, 0.25) is 0 Å². The van der Waals surface area contributed by atoms with E-state index in [2.05, 4.69) is 26.0 Å². The van der Waals surface area contributed by atoms with Crippen LogP contribution < -0.4 is 0 Å². The van der Waals surface area contributed by atoms with E-state index in [1.165, 1.54) is 109 Å². The molecule has 1 fully saturated rings. The molecule has 6 unspecified atom stereocenters. The Balaban J connectivity index is 2.42. The summed E-state index contributed by atoms with van der Waals surface area (Å²) in [6.45, 7) is 3.28. The highest BCUT2D eigenvalue weighted by Gasteiger charge is 2.51. The number of phosphoric acid groups is 1. The van der Waals surface area contributed by atoms with Crippen molar-refractivity contribution in [3.8, 4) is 0 Å². The molecular weight excluding hydrogens is 767 g/mol. The molecule has 58 heavy (non-hydrogen) atoms. The van der Waals surface area contributed by atoms with E-state index in [0.29, 0.717) is 12.8 Å². The van der Waals surface area contributed by atoms with Gasteiger partial charge in [-0.15, -0.1) is 0 Å². The van der Waals surface area contributed by atoms with E-state index in [4.69, 9.17) is 18.5 Å². The number of rotatable bonds is 38. The minimum absolute atomic E-state index is 0.0985. The second-order valence-electron chi connectivity index (χ2n) is 16.3. The van der Waals surface area contributed by atoms with Crippen LogP contribution in [0.25, 0.3) is 0 Å². The van der Waals surface area contributed by atoms with Gasteiger partial charge in [0.1, 0.15) is 43.2 Å². The molecule has 0 aromatic rings. The summed E-state index contributed by atoms with van der Waals surface area (Å²) in [5, 5.41) is 50.1. The summed E-state index contributed by atoms with van der Waals surface area (Å²) in [6.07, 6.45) is 22.8. The molecule has 0 aliphatic heterocycles. The molecule has 13 nitrogen and oxygen atoms in total. The fourth-order valence-corrected chi connectivity index (χ4v) is 8.08. The van der Waals surface area contributed by atoms with Gasteiger partial charge >= 0.3 is 19.8 Å². The quantitative estimate of drug-likeness (QED) is 0.0149. The fourth-order valence-electron chi connectivity index (χ4n) is 7.11. The average molecular weight is 851 g/mol. The van der Waals surface area contributed by atoms with Crippen molar-refractivity contribution >= 4 is 19.8 Å². The van der Waals surface area contributed by atoms with Crippen molar-refractivity contribution in [2.45, 2.75) is 243 Å². The first kappa shape index (κ1) is 54.6. The van der Waals surface area contributed by atoms with Gasteiger partial charge in [0.2, 0.25) is 0 Å². The normalized spacial score (nSPS) is 22.6. The van der Waals surface area contributed by atoms with Crippen LogP contribution in [-0.2, 0) is 32.7 Å². The van der Waals surface area contributed by atoms with Crippen LogP contribution in [0.4, 0.5) is 0 Å². The summed E-state index contributed by atoms with van der Waals surface area (Å²) < 4.78 is 33.5. The molecule has 0 amide bonds. The standard InChI is InChI=1S/C44H83O13P/c1-3-5-7-9-11-13-15-16-17-18-19-20-21-22-23-25-27-29-31-33-38(46)56-36(34-54-37(45)32-30-28-26-24-14-12-10-8-6-4-2)35-55-58(52,53)57-44-42(50)40(48)39(47)41(49)43(44)51/h16-17,36,39-44,47-51H,3-15,18-35H2,1-2H3,(H,52,53)/b17-16-. The number of hydrogen-bond acceptors (Lipinski definition) is 12. The average Bonchev–Trinajstić information content (AvgIpc) is 3.20. The number of unbranched alkanes of at least 4 members (excludes halogenated alkanes) is 24. The van der Waals surface area contributed by atoms with Crippen molar-refractivity contribution in [3.05, 3.63) is 12.2 Å². The van der Waals surface area contributed by atoms with E-state index < -0.39 is 75.7 Å². The lowest BCUT2D eigenvalue weighted by atomic mass is 9.85. The Labute approximate surface area is 350 Å². The monoisotopic (exact) mass is 851 g/mol. The zero-order valence-electron chi connectivity index (χ0n) is 36.1. The maximum atomic E-state index is 12.8. The van der Waals surface area contributed by atoms with Crippen LogP contribution in [0, 0.1) is 0 Å². The number of aliphatic hydroxyl groups is 5. The first-order valence-electron chi connectivity index (χ1n) is 23.0. The Kier molecular flexibility index (Phi) is 33.2. The highest BCUT2D eigenvalue weighted by Crippen LogP contribution is 2.47. The van der Waals surface area contributed by atoms with E-state index in [0.717, 1.165) is 51.4 Å². The second kappa shape index (κ2) is 35.2. The molecule has 0 radical (unpaired) electrons. The van der Waals surface area contributed by atoms with Gasteiger partial charge in [0.15, 0.2) is 6.10 Å². The number of esters is 2. The Morgan fingerprint density at radius 2 is 0.879 bits per heavy atom. The molecule has 1 saturated carbocycles. The molecule has 1 aliphatic rings. The van der Waals surface area contributed by atoms with Gasteiger partial charge in [0.25, 0.3) is 0 Å². The predicted octanol–water partition coefficient (Wildman–Crippen LogP) is 8.67. The molecule has 1 rings (SSSR count). The number of hydrogen-bond donors (Lipinski definition) is 6. The second-order valence-corrected chi connectivity index (χ2v) is 17.7. The molecule has 0 bridgehead atoms. The van der Waals surface area contributed by atoms with Gasteiger partial charge < -0.3 is 39.9 Å². The maximum Gasteiger partial charge on any atom is 0.472 e. The van der Waals surface area contributed by atoms with Crippen LogP contribution in [-0.4, -0.2) is 98.3 Å². The van der Waals surface area contributed by atoms with Crippen LogP contribution >= 0.6 is 7.82 Å². The van der Waals surface area contributed by atoms with Crippen LogP contribution in [0.15, 0.2) is 12.2 Å². The number of allylic oxidation sites excluding steroid dienone is 2. The van der Waals surface area contributed by atoms with Crippen molar-refractivity contribution in [2.75, 3.05) is 13.2 Å². The van der Waals surface area contributed by atoms with Crippen LogP contribution in [0.3, 0.4) is 0 Å². The Bertz CT molecular complexity index is 1080. The molecule has 0 aromatic heterocycles. The first-order valence-corrected chi connectivity index (χ1v) is 24.5. The van der Waals surface area contributed by atoms with E-state index in [9.17, 15) is 44.6 Å². The minimum atomic E-state index is -5.11. The lowest BCUT2D eigenvalue weighted by molar-refractivity contribution is -0.220. The summed E-state index contributed by atoms with van der Waals surface area (Å²) in [4.78, 5) is 35.6. The van der Waals surface area contributed by atoms with Crippen molar-refractivity contribution < 1.29 is 63.1 Å². The van der Waals surface area contributed by atoms with Crippen LogP contribution in [0.1, 0.15) is 200 Å². The van der Waals surface area contributed by atoms with Gasteiger partial charge in [-0.3, -0.25) is 18.6 Å². The number of carbonyl (C=O) groups excluding carboxylic acids is 2. The predicted molar refractivity (Wildman–Crippen MR) is 226 cm³/mol. The number of ether oxygens (including phenoxy) is 2. The van der Waals surface area contributed by atoms with Crippen molar-refractivity contribution in [2.24, 2.45) is 0 Å². The van der Waals surface area contributed by atoms with Crippen molar-refractivity contribution in [1.29, 1.82) is 0 Å². The lowest BCUT2D eigenvalue weighted by Gasteiger charge is -2.41. The van der Waals surface area contributed by atoms with Crippen LogP contribution in [0.5, 0.6) is 0 Å². The first-order chi connectivity index (χ1) is 27.9. The maximum absolute atomic E-state index is 12.8. The van der Waals surface area contributed by atoms with Gasteiger partial charge in [-0.2, -0.15) is 0 Å². The van der Waals surface area contributed by atoms with Gasteiger partial charge in [-0.1, -0.05) is 161 Å². The smallest absolute Gasteiger partial charge is 0.462 e. The third kappa shape index (κ3) is 27.4. The van der Waals surface area contributed by atoms with Gasteiger partial charge in [-0.25, -0.2) is 4.57 Å². The Morgan fingerprint density at radius 1 is 0.517 bits per heavy atom. The molecule has 342 valence electrons. The SMILES string of the molecule is CCCCCCCC/C=C\CCCCCCCCCCCC(=O)OC(COC(=O)CCCCCCCCCCCC)COP(=O)(O)OC1C(O)C(O)C(O)C(O)C1O. The highest BCUT2D eigenvalue weighted by molar-refractivity contribution is 7.47. The molecule has 0 aromatic carbocycles. The molecule has 14 heteroatoms. The van der Waals surface area contributed by atoms with E-state index >= 15 is 0 Å². The molecule has 1 aliphatic carbocycles. The minimum Gasteiger partial charge on any atom is -0.462 e. The topological polar surface area (TPSA) is 210 Å². The van der Waals surface area contributed by atoms with Gasteiger partial charge in [0.05, 0.1) is 6.61 Å². The van der Waals surface area contributed by atoms with Crippen molar-refractivity contribution in [1.82, 2.24) is 0 Å². The zero-order valence-corrected chi connectivity index (χ0v) is 37.0. The Hall–Kier alpha value is -1.41. The molecule has 6 N–H and O–H groups in total. The zero-order chi connectivity index (χ0) is 42.9. The summed E-state index contributed by atoms with van der Waals surface area (Å²) in [6, 6.07) is 0. The molecule has 0 heterocycles. The largest absolute Gasteiger partial charge is 0.472 e. The molecule has 6 atom stereocenters. The summed E-state index contributed by atoms with van der Waals surface area (Å²) in [7, 11) is -5.11. The van der Waals surface area contributed by atoms with Gasteiger partial charge in [0, 0.05) is 12.8 Å². The molecule has 0 spiro atoms. The van der Waals surface area contributed by atoms with Gasteiger partial charge in [-0.05, 0) is 38.5 Å². The number of carbonyl (C=O) groups is 2. The molecule has 0 saturated heterocycles. The number of phosphoric ester groups is 1. The van der Waals surface area contributed by atoms with E-state index in [1.54, 1.807) is 0 Å². The highest BCUT2D eigenvalue weighted by atomic mass is 31.2. The summed E-state index contributed by atoms with van der Waals surface area (Å²) in [5.74, 6) is -1.10. The fraction of sp³-hybridized carbons (Fsp3) is 0.909. The van der Waals surface area contributed by atoms with Crippen molar-refractivity contribution in [3.63, 3.8) is 0 Å². The third-order valence-corrected chi connectivity index (χ3v) is 11.8. The van der Waals surface area contributed by atoms with E-state index in [1.807, 2.05) is 0 Å². The number of aliphatic hydroxyl groups excluding tert-OH is 5. The summed E-state index contributed by atoms with van der Waals surface area (Å²) >= 11 is 0. The lowest BCUT2D eigenvalue weighted by Crippen LogP contribution is -2.64. The van der Waals surface area contributed by atoms with E-state index in [-0.39, 0.29) is 12.8 Å². The Morgan fingerprint density at radius 3 is 1.31 bits per heavy atom. The summed E-state index contributed by atoms with van der Waals surface area (Å²) in [5.41, 5.74) is 0. The third-order valence-electron chi connectivity index (χ3n) is 10.9. The molecular formula is C44H83O13P.